The first kappa shape index (κ1) is 23.2. The summed E-state index contributed by atoms with van der Waals surface area (Å²) in [5.41, 5.74) is 0. The molecule has 0 aliphatic rings. The van der Waals surface area contributed by atoms with Gasteiger partial charge >= 0.3 is 23.9 Å². The van der Waals surface area contributed by atoms with Crippen molar-refractivity contribution in [2.24, 2.45) is 0 Å². The van der Waals surface area contributed by atoms with E-state index in [0.717, 1.165) is 0 Å². The second-order valence-corrected chi connectivity index (χ2v) is 1.22. The van der Waals surface area contributed by atoms with Crippen molar-refractivity contribution in [2.45, 2.75) is 0 Å². The average Bonchev–Trinajstić information content (AvgIpc) is 1.88. The van der Waals surface area contributed by atoms with Gasteiger partial charge in [0.1, 0.15) is 0 Å². The van der Waals surface area contributed by atoms with Crippen LogP contribution >= 0.6 is 0 Å². The Hall–Kier alpha value is -0.912. The van der Waals surface area contributed by atoms with E-state index >= 15 is 0 Å². The number of hydrogen-bond donors (Lipinski definition) is 4. The molecule has 0 heterocycles. The van der Waals surface area contributed by atoms with Crippen LogP contribution in [-0.4, -0.2) is 44.3 Å². The van der Waals surface area contributed by atoms with Gasteiger partial charge in [-0.3, -0.25) is 0 Å². The molecular formula is C4H4FeO8Pt. The normalized spacial score (nSPS) is 6.29. The Morgan fingerprint density at radius 1 is 0.571 bits per heavy atom. The van der Waals surface area contributed by atoms with Crippen LogP contribution in [0.2, 0.25) is 0 Å². The third kappa shape index (κ3) is 22.5. The summed E-state index contributed by atoms with van der Waals surface area (Å²) in [4.78, 5) is 36.4. The monoisotopic (exact) mass is 431 g/mol. The SMILES string of the molecule is O=C(O)C(=O)O.O=C(O)C(=O)O.[Fe].[Pt]. The summed E-state index contributed by atoms with van der Waals surface area (Å²) in [6.45, 7) is 0. The van der Waals surface area contributed by atoms with E-state index < -0.39 is 23.9 Å². The van der Waals surface area contributed by atoms with Gasteiger partial charge in [-0.05, 0) is 0 Å². The van der Waals surface area contributed by atoms with Crippen LogP contribution < -0.4 is 0 Å². The quantitative estimate of drug-likeness (QED) is 0.262. The topological polar surface area (TPSA) is 149 Å². The van der Waals surface area contributed by atoms with E-state index in [0.29, 0.717) is 0 Å². The van der Waals surface area contributed by atoms with Gasteiger partial charge in [-0.2, -0.15) is 0 Å². The number of carbonyl (C=O) groups is 4. The van der Waals surface area contributed by atoms with Gasteiger partial charge in [0.2, 0.25) is 0 Å². The van der Waals surface area contributed by atoms with Gasteiger partial charge in [0.15, 0.2) is 0 Å². The van der Waals surface area contributed by atoms with Crippen LogP contribution in [0.15, 0.2) is 0 Å². The largest absolute Gasteiger partial charge is 0.473 e. The number of rotatable bonds is 0. The summed E-state index contributed by atoms with van der Waals surface area (Å²) < 4.78 is 0. The molecule has 0 rings (SSSR count). The first-order chi connectivity index (χ1) is 5.29. The van der Waals surface area contributed by atoms with Crippen molar-refractivity contribution < 1.29 is 77.7 Å². The molecule has 86 valence electrons. The van der Waals surface area contributed by atoms with Crippen LogP contribution in [0.5, 0.6) is 0 Å². The Morgan fingerprint density at radius 2 is 0.643 bits per heavy atom. The molecule has 0 radical (unpaired) electrons. The molecule has 10 heteroatoms. The van der Waals surface area contributed by atoms with Crippen molar-refractivity contribution in [1.82, 2.24) is 0 Å². The number of carboxylic acids is 4. The van der Waals surface area contributed by atoms with Crippen molar-refractivity contribution >= 4 is 23.9 Å². The number of carboxylic acid groups (broad SMARTS) is 4. The zero-order valence-corrected chi connectivity index (χ0v) is 9.47. The van der Waals surface area contributed by atoms with Gasteiger partial charge in [0, 0.05) is 38.1 Å². The summed E-state index contributed by atoms with van der Waals surface area (Å²) >= 11 is 0. The van der Waals surface area contributed by atoms with Crippen LogP contribution in [0.1, 0.15) is 0 Å². The van der Waals surface area contributed by atoms with Crippen molar-refractivity contribution in [2.75, 3.05) is 0 Å². The van der Waals surface area contributed by atoms with E-state index in [4.69, 9.17) is 39.6 Å². The predicted molar refractivity (Wildman–Crippen MR) is 30.5 cm³/mol. The molecule has 0 fully saturated rings. The fraction of sp³-hybridized carbons (Fsp3) is 0. The van der Waals surface area contributed by atoms with Crippen molar-refractivity contribution in [3.63, 3.8) is 0 Å². The van der Waals surface area contributed by atoms with E-state index in [9.17, 15) is 0 Å². The molecule has 0 amide bonds. The van der Waals surface area contributed by atoms with Crippen molar-refractivity contribution in [3.8, 4) is 0 Å². The maximum Gasteiger partial charge on any atom is 0.414 e. The Bertz CT molecular complexity index is 177. The first-order valence-corrected chi connectivity index (χ1v) is 2.21. The molecule has 0 bridgehead atoms. The summed E-state index contributed by atoms with van der Waals surface area (Å²) in [6, 6.07) is 0. The second kappa shape index (κ2) is 12.1. The van der Waals surface area contributed by atoms with E-state index in [1.165, 1.54) is 0 Å². The molecular weight excluding hydrogens is 427 g/mol. The van der Waals surface area contributed by atoms with Crippen LogP contribution in [0, 0.1) is 0 Å². The maximum atomic E-state index is 9.10. The van der Waals surface area contributed by atoms with Crippen LogP contribution in [-0.2, 0) is 57.3 Å². The molecule has 8 nitrogen and oxygen atoms in total. The number of hydrogen-bond acceptors (Lipinski definition) is 4. The van der Waals surface area contributed by atoms with Crippen molar-refractivity contribution in [1.29, 1.82) is 0 Å². The summed E-state index contributed by atoms with van der Waals surface area (Å²) in [6.07, 6.45) is 0. The molecule has 0 spiro atoms. The zero-order chi connectivity index (χ0) is 10.3. The summed E-state index contributed by atoms with van der Waals surface area (Å²) in [7, 11) is 0. The Morgan fingerprint density at radius 3 is 0.643 bits per heavy atom. The summed E-state index contributed by atoms with van der Waals surface area (Å²) in [5, 5.41) is 29.6. The fourth-order valence-electron chi connectivity index (χ4n) is 0. The van der Waals surface area contributed by atoms with Crippen LogP contribution in [0.25, 0.3) is 0 Å². The number of aliphatic carboxylic acids is 4. The van der Waals surface area contributed by atoms with Gasteiger partial charge in [0.05, 0.1) is 0 Å². The molecule has 0 unspecified atom stereocenters. The molecule has 0 aromatic carbocycles. The van der Waals surface area contributed by atoms with Crippen LogP contribution in [0.4, 0.5) is 0 Å². The second-order valence-electron chi connectivity index (χ2n) is 1.22. The molecule has 0 aliphatic heterocycles. The van der Waals surface area contributed by atoms with E-state index in [-0.39, 0.29) is 38.1 Å². The first-order valence-electron chi connectivity index (χ1n) is 2.21. The third-order valence-corrected chi connectivity index (χ3v) is 0.366. The van der Waals surface area contributed by atoms with Gasteiger partial charge in [-0.25, -0.2) is 19.2 Å². The molecule has 0 aromatic heterocycles. The predicted octanol–water partition coefficient (Wildman–Crippen LogP) is -1.69. The van der Waals surface area contributed by atoms with Gasteiger partial charge in [-0.15, -0.1) is 0 Å². The molecule has 4 N–H and O–H groups in total. The van der Waals surface area contributed by atoms with E-state index in [2.05, 4.69) is 0 Å². The Balaban J connectivity index is -0.0000000625. The molecule has 0 atom stereocenters. The minimum absolute atomic E-state index is 0. The zero-order valence-electron chi connectivity index (χ0n) is 6.09. The minimum Gasteiger partial charge on any atom is -0.473 e. The average molecular weight is 431 g/mol. The maximum absolute atomic E-state index is 9.10. The van der Waals surface area contributed by atoms with Crippen molar-refractivity contribution in [3.05, 3.63) is 0 Å². The Labute approximate surface area is 102 Å². The van der Waals surface area contributed by atoms with Gasteiger partial charge in [-0.1, -0.05) is 0 Å². The smallest absolute Gasteiger partial charge is 0.414 e. The van der Waals surface area contributed by atoms with Gasteiger partial charge in [0.25, 0.3) is 0 Å². The van der Waals surface area contributed by atoms with Gasteiger partial charge < -0.3 is 20.4 Å². The molecule has 14 heavy (non-hydrogen) atoms. The molecule has 0 saturated carbocycles. The minimum atomic E-state index is -1.82. The standard InChI is InChI=1S/2C2H2O4.Fe.Pt/c2*3-1(4)2(5)6;;/h2*(H,3,4)(H,5,6);;. The summed E-state index contributed by atoms with van der Waals surface area (Å²) in [5.74, 6) is -7.30. The Kier molecular flexibility index (Phi) is 20.0. The van der Waals surface area contributed by atoms with Crippen LogP contribution in [0.3, 0.4) is 0 Å². The third-order valence-electron chi connectivity index (χ3n) is 0.366. The van der Waals surface area contributed by atoms with E-state index in [1.807, 2.05) is 0 Å². The molecule has 0 aliphatic carbocycles. The van der Waals surface area contributed by atoms with E-state index in [1.54, 1.807) is 0 Å². The molecule has 0 saturated heterocycles. The fourth-order valence-corrected chi connectivity index (χ4v) is 0. The molecule has 0 aromatic rings.